The maximum absolute atomic E-state index is 11.9. The molecule has 0 aliphatic carbocycles. The van der Waals surface area contributed by atoms with E-state index >= 15 is 0 Å². The van der Waals surface area contributed by atoms with Crippen molar-refractivity contribution in [2.45, 2.75) is 58.7 Å². The third kappa shape index (κ3) is 5.89. The smallest absolute Gasteiger partial charge is 0.304 e. The van der Waals surface area contributed by atoms with Crippen LogP contribution in [0.2, 0.25) is 0 Å². The highest BCUT2D eigenvalue weighted by atomic mass is 16.5. The molecular weight excluding hydrogens is 464 g/mol. The molecule has 0 aromatic heterocycles. The molecule has 7 nitrogen and oxygen atoms in total. The summed E-state index contributed by atoms with van der Waals surface area (Å²) in [4.78, 5) is 14.3. The minimum atomic E-state index is -0.854. The number of hydrazine groups is 1. The van der Waals surface area contributed by atoms with Gasteiger partial charge in [-0.1, -0.05) is 42.5 Å². The van der Waals surface area contributed by atoms with Gasteiger partial charge in [0.1, 0.15) is 11.4 Å². The molecule has 1 heterocycles. The zero-order valence-electron chi connectivity index (χ0n) is 22.4. The van der Waals surface area contributed by atoms with Crippen molar-refractivity contribution in [2.75, 3.05) is 24.3 Å². The average Bonchev–Trinajstić information content (AvgIpc) is 2.94. The summed E-state index contributed by atoms with van der Waals surface area (Å²) in [5.41, 5.74) is 13.6. The number of fused-ring (bicyclic) bond motifs is 1. The molecule has 1 aliphatic rings. The minimum Gasteiger partial charge on any atom is -0.486 e. The molecule has 5 N–H and O–H groups in total. The molecule has 1 unspecified atom stereocenters. The standard InChI is InChI=1S/C30H38N4O3/c1-19-10-11-21(25(15-28(35)36)24-12-13-26(33(5)32)29(31)20(24)2)14-23(19)17-34-16-22-8-6-7-9-27(22)37-30(3,4)18-34/h6-14,25H,15-18,31-32H2,1-5H3,(H,35,36). The Kier molecular flexibility index (Phi) is 7.48. The van der Waals surface area contributed by atoms with Gasteiger partial charge in [0, 0.05) is 38.2 Å². The van der Waals surface area contributed by atoms with Crippen LogP contribution in [-0.2, 0) is 17.9 Å². The summed E-state index contributed by atoms with van der Waals surface area (Å²) < 4.78 is 6.33. The van der Waals surface area contributed by atoms with Crippen molar-refractivity contribution in [3.8, 4) is 5.75 Å². The summed E-state index contributed by atoms with van der Waals surface area (Å²) in [5, 5.41) is 11.3. The van der Waals surface area contributed by atoms with E-state index in [0.29, 0.717) is 11.4 Å². The van der Waals surface area contributed by atoms with Gasteiger partial charge in [0.05, 0.1) is 17.8 Å². The number of nitrogens with zero attached hydrogens (tertiary/aromatic N) is 2. The van der Waals surface area contributed by atoms with E-state index in [1.165, 1.54) is 21.7 Å². The van der Waals surface area contributed by atoms with Gasteiger partial charge < -0.3 is 20.6 Å². The highest BCUT2D eigenvalue weighted by Gasteiger charge is 2.29. The molecule has 7 heteroatoms. The Morgan fingerprint density at radius 3 is 2.59 bits per heavy atom. The van der Waals surface area contributed by atoms with Crippen LogP contribution in [0.15, 0.2) is 54.6 Å². The normalized spacial score (nSPS) is 15.8. The van der Waals surface area contributed by atoms with Gasteiger partial charge in [0.2, 0.25) is 0 Å². The number of rotatable bonds is 7. The highest BCUT2D eigenvalue weighted by Crippen LogP contribution is 2.37. The zero-order chi connectivity index (χ0) is 26.9. The van der Waals surface area contributed by atoms with Crippen LogP contribution < -0.4 is 21.3 Å². The van der Waals surface area contributed by atoms with E-state index in [0.717, 1.165) is 42.1 Å². The second-order valence-electron chi connectivity index (χ2n) is 10.8. The van der Waals surface area contributed by atoms with Crippen molar-refractivity contribution < 1.29 is 14.6 Å². The summed E-state index contributed by atoms with van der Waals surface area (Å²) >= 11 is 0. The first-order valence-electron chi connectivity index (χ1n) is 12.6. The number of aliphatic carboxylic acids is 1. The predicted octanol–water partition coefficient (Wildman–Crippen LogP) is 4.98. The predicted molar refractivity (Wildman–Crippen MR) is 149 cm³/mol. The molecule has 196 valence electrons. The van der Waals surface area contributed by atoms with E-state index in [1.54, 1.807) is 7.05 Å². The molecule has 0 saturated carbocycles. The number of para-hydroxylation sites is 1. The first kappa shape index (κ1) is 26.5. The van der Waals surface area contributed by atoms with Crippen molar-refractivity contribution in [2.24, 2.45) is 5.84 Å². The lowest BCUT2D eigenvalue weighted by atomic mass is 9.84. The van der Waals surface area contributed by atoms with Crippen molar-refractivity contribution in [3.63, 3.8) is 0 Å². The number of carbonyl (C=O) groups is 1. The van der Waals surface area contributed by atoms with E-state index < -0.39 is 5.97 Å². The summed E-state index contributed by atoms with van der Waals surface area (Å²) in [6, 6.07) is 18.3. The quantitative estimate of drug-likeness (QED) is 0.238. The monoisotopic (exact) mass is 502 g/mol. The van der Waals surface area contributed by atoms with Crippen LogP contribution in [0.5, 0.6) is 5.75 Å². The third-order valence-electron chi connectivity index (χ3n) is 7.19. The van der Waals surface area contributed by atoms with Gasteiger partial charge in [0.15, 0.2) is 0 Å². The molecule has 0 amide bonds. The number of carboxylic acid groups (broad SMARTS) is 1. The molecule has 0 spiro atoms. The van der Waals surface area contributed by atoms with Gasteiger partial charge in [0.25, 0.3) is 0 Å². The van der Waals surface area contributed by atoms with Gasteiger partial charge in [-0.25, -0.2) is 5.84 Å². The first-order chi connectivity index (χ1) is 17.4. The molecule has 4 rings (SSSR count). The van der Waals surface area contributed by atoms with Gasteiger partial charge in [-0.15, -0.1) is 0 Å². The molecule has 3 aromatic carbocycles. The fourth-order valence-electron chi connectivity index (χ4n) is 5.33. The second kappa shape index (κ2) is 10.4. The lowest BCUT2D eigenvalue weighted by Crippen LogP contribution is -2.40. The number of hydrogen-bond donors (Lipinski definition) is 3. The third-order valence-corrected chi connectivity index (χ3v) is 7.19. The van der Waals surface area contributed by atoms with E-state index in [4.69, 9.17) is 16.3 Å². The molecule has 37 heavy (non-hydrogen) atoms. The Labute approximate surface area is 219 Å². The Hall–Kier alpha value is -3.55. The molecule has 0 bridgehead atoms. The zero-order valence-corrected chi connectivity index (χ0v) is 22.4. The summed E-state index contributed by atoms with van der Waals surface area (Å²) in [5.74, 6) is 5.68. The molecule has 3 aromatic rings. The van der Waals surface area contributed by atoms with Crippen molar-refractivity contribution in [1.29, 1.82) is 0 Å². The van der Waals surface area contributed by atoms with Crippen LogP contribution in [0.4, 0.5) is 11.4 Å². The number of benzene rings is 3. The number of anilines is 2. The average molecular weight is 503 g/mol. The highest BCUT2D eigenvalue weighted by molar-refractivity contribution is 5.74. The van der Waals surface area contributed by atoms with Crippen LogP contribution in [-0.4, -0.2) is 35.2 Å². The van der Waals surface area contributed by atoms with E-state index in [-0.39, 0.29) is 17.9 Å². The molecule has 0 fully saturated rings. The Balaban J connectivity index is 1.70. The van der Waals surface area contributed by atoms with Crippen LogP contribution in [0, 0.1) is 13.8 Å². The van der Waals surface area contributed by atoms with Crippen LogP contribution in [0.1, 0.15) is 59.6 Å². The largest absolute Gasteiger partial charge is 0.486 e. The Morgan fingerprint density at radius 2 is 1.89 bits per heavy atom. The maximum Gasteiger partial charge on any atom is 0.304 e. The molecule has 1 aliphatic heterocycles. The number of nitrogens with two attached hydrogens (primary N) is 2. The Bertz CT molecular complexity index is 1300. The number of ether oxygens (including phenoxy) is 1. The summed E-state index contributed by atoms with van der Waals surface area (Å²) in [7, 11) is 1.74. The molecule has 0 saturated heterocycles. The summed E-state index contributed by atoms with van der Waals surface area (Å²) in [6.45, 7) is 10.6. The minimum absolute atomic E-state index is 0.0292. The number of carboxylic acids is 1. The van der Waals surface area contributed by atoms with Crippen LogP contribution in [0.25, 0.3) is 0 Å². The topological polar surface area (TPSA) is 105 Å². The van der Waals surface area contributed by atoms with Gasteiger partial charge in [-0.2, -0.15) is 0 Å². The van der Waals surface area contributed by atoms with Crippen molar-refractivity contribution >= 4 is 17.3 Å². The fourth-order valence-corrected chi connectivity index (χ4v) is 5.33. The van der Waals surface area contributed by atoms with Crippen molar-refractivity contribution in [1.82, 2.24) is 4.90 Å². The SMILES string of the molecule is Cc1ccc(C(CC(=O)O)c2ccc(N(C)N)c(N)c2C)cc1CN1Cc2ccccc2OC(C)(C)C1. The number of hydrogen-bond acceptors (Lipinski definition) is 6. The van der Waals surface area contributed by atoms with Gasteiger partial charge in [-0.05, 0) is 67.6 Å². The lowest BCUT2D eigenvalue weighted by Gasteiger charge is -2.30. The van der Waals surface area contributed by atoms with E-state index in [2.05, 4.69) is 43.9 Å². The van der Waals surface area contributed by atoms with E-state index in [1.807, 2.05) is 43.3 Å². The molecular formula is C30H38N4O3. The number of aryl methyl sites for hydroxylation is 1. The van der Waals surface area contributed by atoms with E-state index in [9.17, 15) is 9.90 Å². The van der Waals surface area contributed by atoms with Crippen molar-refractivity contribution in [3.05, 3.63) is 88.0 Å². The lowest BCUT2D eigenvalue weighted by molar-refractivity contribution is -0.137. The first-order valence-corrected chi connectivity index (χ1v) is 12.6. The number of nitrogen functional groups attached to an aromatic ring is 1. The maximum atomic E-state index is 11.9. The van der Waals surface area contributed by atoms with Gasteiger partial charge >= 0.3 is 5.97 Å². The Morgan fingerprint density at radius 1 is 1.16 bits per heavy atom. The van der Waals surface area contributed by atoms with Gasteiger partial charge in [-0.3, -0.25) is 9.69 Å². The molecule has 0 radical (unpaired) electrons. The van der Waals surface area contributed by atoms with Crippen LogP contribution >= 0.6 is 0 Å². The van der Waals surface area contributed by atoms with Crippen LogP contribution in [0.3, 0.4) is 0 Å². The summed E-state index contributed by atoms with van der Waals surface area (Å²) in [6.07, 6.45) is -0.0292. The molecule has 1 atom stereocenters. The fraction of sp³-hybridized carbons (Fsp3) is 0.367. The second-order valence-corrected chi connectivity index (χ2v) is 10.8.